The Labute approximate surface area is 196 Å². The first-order valence-electron chi connectivity index (χ1n) is 11.2. The smallest absolute Gasteiger partial charge is 0.223 e. The van der Waals surface area contributed by atoms with Gasteiger partial charge in [0.2, 0.25) is 5.91 Å². The summed E-state index contributed by atoms with van der Waals surface area (Å²) in [6.07, 6.45) is 7.41. The molecule has 1 atom stereocenters. The minimum atomic E-state index is 0.0758. The van der Waals surface area contributed by atoms with E-state index in [1.165, 1.54) is 0 Å². The van der Waals surface area contributed by atoms with Crippen LogP contribution in [0, 0.1) is 0 Å². The fraction of sp³-hybridized carbons (Fsp3) is 0.185. The molecule has 1 saturated heterocycles. The maximum Gasteiger partial charge on any atom is 0.223 e. The monoisotopic (exact) mass is 450 g/mol. The third kappa shape index (κ3) is 3.46. The first kappa shape index (κ1) is 20.4. The van der Waals surface area contributed by atoms with Crippen LogP contribution in [0.15, 0.2) is 77.7 Å². The fourth-order valence-corrected chi connectivity index (χ4v) is 4.80. The van der Waals surface area contributed by atoms with Gasteiger partial charge in [-0.25, -0.2) is 9.97 Å². The molecule has 1 unspecified atom stereocenters. The van der Waals surface area contributed by atoms with Gasteiger partial charge >= 0.3 is 0 Å². The highest BCUT2D eigenvalue weighted by Gasteiger charge is 2.33. The van der Waals surface area contributed by atoms with Crippen LogP contribution in [0.1, 0.15) is 23.5 Å². The average molecular weight is 450 g/mol. The average Bonchev–Trinajstić information content (AvgIpc) is 3.45. The van der Waals surface area contributed by atoms with E-state index in [-0.39, 0.29) is 11.8 Å². The van der Waals surface area contributed by atoms with Crippen molar-refractivity contribution in [2.45, 2.75) is 18.9 Å². The quantitative estimate of drug-likeness (QED) is 0.376. The van der Waals surface area contributed by atoms with Gasteiger partial charge < -0.3 is 14.1 Å². The molecule has 0 N–H and O–H groups in total. The molecule has 6 rings (SSSR count). The SMILES string of the molecule is COc1ccc(C2CC(=O)N(Cc3ccc(-c4ncccn4)cc3)C2)c2c1oc1cnccc12. The lowest BCUT2D eigenvalue weighted by Gasteiger charge is -2.18. The Kier molecular flexibility index (Phi) is 4.95. The van der Waals surface area contributed by atoms with Crippen molar-refractivity contribution >= 4 is 27.8 Å². The topological polar surface area (TPSA) is 81.4 Å². The number of ether oxygens (including phenoxy) is 1. The molecule has 0 spiro atoms. The second-order valence-corrected chi connectivity index (χ2v) is 8.48. The Hall–Kier alpha value is -4.26. The van der Waals surface area contributed by atoms with Crippen LogP contribution in [-0.4, -0.2) is 39.4 Å². The number of aromatic nitrogens is 3. The van der Waals surface area contributed by atoms with Crippen LogP contribution < -0.4 is 4.74 Å². The molecule has 4 heterocycles. The third-order valence-electron chi connectivity index (χ3n) is 6.45. The number of carbonyl (C=O) groups excluding carboxylic acids is 1. The van der Waals surface area contributed by atoms with Crippen molar-refractivity contribution < 1.29 is 13.9 Å². The van der Waals surface area contributed by atoms with E-state index in [1.807, 2.05) is 41.3 Å². The zero-order valence-electron chi connectivity index (χ0n) is 18.6. The van der Waals surface area contributed by atoms with Gasteiger partial charge in [-0.15, -0.1) is 0 Å². The summed E-state index contributed by atoms with van der Waals surface area (Å²) >= 11 is 0. The molecule has 7 heteroatoms. The Morgan fingerprint density at radius 2 is 1.88 bits per heavy atom. The Morgan fingerprint density at radius 3 is 2.68 bits per heavy atom. The molecule has 7 nitrogen and oxygen atoms in total. The standard InChI is InChI=1S/C27H22N4O3/c1-33-22-8-7-20(25-21-9-12-28-14-23(21)34-26(22)25)19-13-24(32)31(16-19)15-17-3-5-18(6-4-17)27-29-10-2-11-30-27/h2-12,14,19H,13,15-16H2,1H3. The predicted molar refractivity (Wildman–Crippen MR) is 128 cm³/mol. The molecule has 0 bridgehead atoms. The van der Waals surface area contributed by atoms with Crippen molar-refractivity contribution in [3.63, 3.8) is 0 Å². The molecular weight excluding hydrogens is 428 g/mol. The first-order valence-corrected chi connectivity index (χ1v) is 11.2. The van der Waals surface area contributed by atoms with Crippen LogP contribution in [-0.2, 0) is 11.3 Å². The summed E-state index contributed by atoms with van der Waals surface area (Å²) in [6, 6.07) is 15.8. The summed E-state index contributed by atoms with van der Waals surface area (Å²) in [5.41, 5.74) is 4.55. The Morgan fingerprint density at radius 1 is 1.06 bits per heavy atom. The first-order chi connectivity index (χ1) is 16.7. The molecule has 1 fully saturated rings. The van der Waals surface area contributed by atoms with E-state index >= 15 is 0 Å². The van der Waals surface area contributed by atoms with Crippen molar-refractivity contribution in [2.24, 2.45) is 0 Å². The largest absolute Gasteiger partial charge is 0.493 e. The van der Waals surface area contributed by atoms with Crippen molar-refractivity contribution in [3.8, 4) is 17.1 Å². The highest BCUT2D eigenvalue weighted by atomic mass is 16.5. The molecule has 3 aromatic heterocycles. The molecule has 168 valence electrons. The van der Waals surface area contributed by atoms with Gasteiger partial charge in [-0.3, -0.25) is 9.78 Å². The summed E-state index contributed by atoms with van der Waals surface area (Å²) in [7, 11) is 1.63. The summed E-state index contributed by atoms with van der Waals surface area (Å²) in [5.74, 6) is 1.60. The maximum absolute atomic E-state index is 13.0. The van der Waals surface area contributed by atoms with Gasteiger partial charge in [0, 0.05) is 60.4 Å². The molecule has 0 aliphatic carbocycles. The lowest BCUT2D eigenvalue weighted by Crippen LogP contribution is -2.24. The zero-order valence-corrected chi connectivity index (χ0v) is 18.6. The van der Waals surface area contributed by atoms with Gasteiger partial charge in [-0.1, -0.05) is 30.3 Å². The lowest BCUT2D eigenvalue weighted by atomic mass is 9.93. The number of likely N-dealkylation sites (tertiary alicyclic amines) is 1. The van der Waals surface area contributed by atoms with E-state index in [9.17, 15) is 4.79 Å². The Balaban J connectivity index is 1.28. The number of carbonyl (C=O) groups is 1. The van der Waals surface area contributed by atoms with Crippen molar-refractivity contribution in [1.82, 2.24) is 19.9 Å². The fourth-order valence-electron chi connectivity index (χ4n) is 4.80. The molecule has 2 aromatic carbocycles. The molecular formula is C27H22N4O3. The number of nitrogens with zero attached hydrogens (tertiary/aromatic N) is 4. The van der Waals surface area contributed by atoms with E-state index < -0.39 is 0 Å². The van der Waals surface area contributed by atoms with Crippen molar-refractivity contribution in [3.05, 3.63) is 84.4 Å². The van der Waals surface area contributed by atoms with Crippen molar-refractivity contribution in [2.75, 3.05) is 13.7 Å². The summed E-state index contributed by atoms with van der Waals surface area (Å²) < 4.78 is 11.6. The number of hydrogen-bond donors (Lipinski definition) is 0. The van der Waals surface area contributed by atoms with E-state index in [0.717, 1.165) is 27.5 Å². The number of pyridine rings is 1. The molecule has 1 aliphatic heterocycles. The van der Waals surface area contributed by atoms with Crippen LogP contribution in [0.4, 0.5) is 0 Å². The Bertz CT molecular complexity index is 1500. The number of hydrogen-bond acceptors (Lipinski definition) is 6. The molecule has 1 aliphatic rings. The van der Waals surface area contributed by atoms with Gasteiger partial charge in [0.1, 0.15) is 0 Å². The second-order valence-electron chi connectivity index (χ2n) is 8.48. The normalized spacial score (nSPS) is 16.0. The van der Waals surface area contributed by atoms with Crippen LogP contribution >= 0.6 is 0 Å². The van der Waals surface area contributed by atoms with E-state index in [4.69, 9.17) is 9.15 Å². The minimum Gasteiger partial charge on any atom is -0.493 e. The van der Waals surface area contributed by atoms with Crippen LogP contribution in [0.3, 0.4) is 0 Å². The van der Waals surface area contributed by atoms with Gasteiger partial charge in [0.25, 0.3) is 0 Å². The highest BCUT2D eigenvalue weighted by Crippen LogP contribution is 2.42. The number of furan rings is 1. The van der Waals surface area contributed by atoms with E-state index in [1.54, 1.807) is 38.0 Å². The molecule has 5 aromatic rings. The number of fused-ring (bicyclic) bond motifs is 3. The highest BCUT2D eigenvalue weighted by molar-refractivity contribution is 6.08. The summed E-state index contributed by atoms with van der Waals surface area (Å²) in [4.78, 5) is 27.7. The number of methoxy groups -OCH3 is 1. The van der Waals surface area contributed by atoms with Crippen molar-refractivity contribution in [1.29, 1.82) is 0 Å². The molecule has 34 heavy (non-hydrogen) atoms. The molecule has 0 saturated carbocycles. The maximum atomic E-state index is 13.0. The predicted octanol–water partition coefficient (Wildman–Crippen LogP) is 4.96. The number of amides is 1. The summed E-state index contributed by atoms with van der Waals surface area (Å²) in [6.45, 7) is 1.22. The van der Waals surface area contributed by atoms with Gasteiger partial charge in [0.15, 0.2) is 22.7 Å². The van der Waals surface area contributed by atoms with E-state index in [2.05, 4.69) is 21.0 Å². The minimum absolute atomic E-state index is 0.0758. The number of rotatable bonds is 5. The number of benzene rings is 2. The summed E-state index contributed by atoms with van der Waals surface area (Å²) in [5, 5.41) is 1.99. The second kappa shape index (κ2) is 8.26. The van der Waals surface area contributed by atoms with Crippen LogP contribution in [0.2, 0.25) is 0 Å². The van der Waals surface area contributed by atoms with Gasteiger partial charge in [0.05, 0.1) is 13.3 Å². The molecule has 0 radical (unpaired) electrons. The molecule has 1 amide bonds. The lowest BCUT2D eigenvalue weighted by molar-refractivity contribution is -0.128. The van der Waals surface area contributed by atoms with E-state index in [0.29, 0.717) is 42.3 Å². The van der Waals surface area contributed by atoms with Crippen LogP contribution in [0.25, 0.3) is 33.3 Å². The van der Waals surface area contributed by atoms with Crippen LogP contribution in [0.5, 0.6) is 5.75 Å². The van der Waals surface area contributed by atoms with Gasteiger partial charge in [-0.05, 0) is 29.3 Å². The third-order valence-corrected chi connectivity index (χ3v) is 6.45. The zero-order chi connectivity index (χ0) is 23.1. The van der Waals surface area contributed by atoms with Gasteiger partial charge in [-0.2, -0.15) is 0 Å².